The first-order valence-corrected chi connectivity index (χ1v) is 12.0. The summed E-state index contributed by atoms with van der Waals surface area (Å²) < 4.78 is 3.55. The average Bonchev–Trinajstić information content (AvgIpc) is 3.56. The van der Waals surface area contributed by atoms with E-state index < -0.39 is 0 Å². The zero-order valence-corrected chi connectivity index (χ0v) is 20.2. The number of amides is 1. The molecule has 0 radical (unpaired) electrons. The Morgan fingerprint density at radius 3 is 2.44 bits per heavy atom. The Morgan fingerprint density at radius 1 is 0.917 bits per heavy atom. The molecule has 3 aromatic heterocycles. The SMILES string of the molecule is Cc1cc(N2CCN(C(=O)c3cn(-c4ccccc4)nc3-c3ccccc3C)CC2)n2ncnc2n1. The van der Waals surface area contributed by atoms with Gasteiger partial charge in [0, 0.05) is 49.7 Å². The molecule has 4 heterocycles. The summed E-state index contributed by atoms with van der Waals surface area (Å²) in [6, 6.07) is 20.0. The Bertz CT molecular complexity index is 1550. The maximum absolute atomic E-state index is 13.8. The van der Waals surface area contributed by atoms with Crippen LogP contribution < -0.4 is 4.90 Å². The molecule has 1 amide bonds. The predicted octanol–water partition coefficient (Wildman–Crippen LogP) is 3.56. The maximum Gasteiger partial charge on any atom is 0.257 e. The second-order valence-corrected chi connectivity index (χ2v) is 8.99. The van der Waals surface area contributed by atoms with Gasteiger partial charge in [0.25, 0.3) is 11.7 Å². The molecule has 0 bridgehead atoms. The van der Waals surface area contributed by atoms with Gasteiger partial charge in [-0.25, -0.2) is 9.67 Å². The number of hydrogen-bond acceptors (Lipinski definition) is 6. The van der Waals surface area contributed by atoms with Crippen molar-refractivity contribution >= 4 is 17.5 Å². The van der Waals surface area contributed by atoms with Crippen LogP contribution in [0.25, 0.3) is 22.7 Å². The first kappa shape index (κ1) is 22.0. The number of carbonyl (C=O) groups is 1. The van der Waals surface area contributed by atoms with Gasteiger partial charge < -0.3 is 9.80 Å². The lowest BCUT2D eigenvalue weighted by Gasteiger charge is -2.36. The molecule has 0 spiro atoms. The molecule has 1 aliphatic rings. The minimum absolute atomic E-state index is 0.00750. The molecule has 9 heteroatoms. The summed E-state index contributed by atoms with van der Waals surface area (Å²) in [5.74, 6) is 1.52. The molecule has 1 saturated heterocycles. The average molecular weight is 479 g/mol. The van der Waals surface area contributed by atoms with Crippen LogP contribution in [0, 0.1) is 13.8 Å². The van der Waals surface area contributed by atoms with Gasteiger partial charge in [0.2, 0.25) is 0 Å². The molecule has 0 N–H and O–H groups in total. The van der Waals surface area contributed by atoms with Crippen LogP contribution in [0.15, 0.2) is 73.2 Å². The molecule has 180 valence electrons. The van der Waals surface area contributed by atoms with Crippen molar-refractivity contribution in [2.75, 3.05) is 31.1 Å². The van der Waals surface area contributed by atoms with Crippen LogP contribution >= 0.6 is 0 Å². The number of fused-ring (bicyclic) bond motifs is 1. The molecule has 1 aliphatic heterocycles. The van der Waals surface area contributed by atoms with Crippen LogP contribution in [0.4, 0.5) is 5.82 Å². The number of rotatable bonds is 4. The molecular formula is C27H26N8O. The monoisotopic (exact) mass is 478 g/mol. The van der Waals surface area contributed by atoms with E-state index in [1.807, 2.05) is 85.6 Å². The van der Waals surface area contributed by atoms with E-state index in [2.05, 4.69) is 20.0 Å². The van der Waals surface area contributed by atoms with E-state index in [0.29, 0.717) is 43.2 Å². The van der Waals surface area contributed by atoms with Crippen LogP contribution in [-0.2, 0) is 0 Å². The highest BCUT2D eigenvalue weighted by Gasteiger charge is 2.28. The lowest BCUT2D eigenvalue weighted by molar-refractivity contribution is 0.0747. The van der Waals surface area contributed by atoms with Gasteiger partial charge in [-0.3, -0.25) is 4.79 Å². The van der Waals surface area contributed by atoms with Crippen LogP contribution in [0.3, 0.4) is 0 Å². The Balaban J connectivity index is 1.30. The first-order valence-electron chi connectivity index (χ1n) is 12.0. The van der Waals surface area contributed by atoms with Crippen LogP contribution in [0.1, 0.15) is 21.6 Å². The van der Waals surface area contributed by atoms with E-state index in [9.17, 15) is 4.79 Å². The van der Waals surface area contributed by atoms with Gasteiger partial charge in [-0.05, 0) is 31.5 Å². The molecule has 0 aliphatic carbocycles. The number of aryl methyl sites for hydroxylation is 2. The molecule has 9 nitrogen and oxygen atoms in total. The van der Waals surface area contributed by atoms with Crippen molar-refractivity contribution in [2.45, 2.75) is 13.8 Å². The number of carbonyl (C=O) groups excluding carboxylic acids is 1. The minimum atomic E-state index is -0.00750. The third-order valence-electron chi connectivity index (χ3n) is 6.62. The second kappa shape index (κ2) is 8.92. The van der Waals surface area contributed by atoms with Crippen molar-refractivity contribution < 1.29 is 4.79 Å². The topological polar surface area (TPSA) is 84.5 Å². The lowest BCUT2D eigenvalue weighted by Crippen LogP contribution is -2.49. The Hall–Kier alpha value is -4.53. The highest BCUT2D eigenvalue weighted by molar-refractivity contribution is 6.00. The third kappa shape index (κ3) is 3.88. The van der Waals surface area contributed by atoms with Crippen LogP contribution in [-0.4, -0.2) is 66.3 Å². The van der Waals surface area contributed by atoms with Crippen molar-refractivity contribution in [1.82, 2.24) is 34.3 Å². The van der Waals surface area contributed by atoms with Crippen molar-refractivity contribution in [3.05, 3.63) is 90.0 Å². The molecule has 5 aromatic rings. The Labute approximate surface area is 208 Å². The fourth-order valence-corrected chi connectivity index (χ4v) is 4.73. The predicted molar refractivity (Wildman–Crippen MR) is 137 cm³/mol. The summed E-state index contributed by atoms with van der Waals surface area (Å²) in [5.41, 5.74) is 5.18. The second-order valence-electron chi connectivity index (χ2n) is 8.99. The van der Waals surface area contributed by atoms with Crippen molar-refractivity contribution in [1.29, 1.82) is 0 Å². The number of aromatic nitrogens is 6. The van der Waals surface area contributed by atoms with Gasteiger partial charge in [0.15, 0.2) is 0 Å². The van der Waals surface area contributed by atoms with E-state index in [1.165, 1.54) is 6.33 Å². The zero-order valence-electron chi connectivity index (χ0n) is 20.2. The lowest BCUT2D eigenvalue weighted by atomic mass is 10.0. The highest BCUT2D eigenvalue weighted by atomic mass is 16.2. The van der Waals surface area contributed by atoms with Crippen LogP contribution in [0.5, 0.6) is 0 Å². The summed E-state index contributed by atoms with van der Waals surface area (Å²) in [6.45, 7) is 6.58. The molecule has 0 atom stereocenters. The van der Waals surface area contributed by atoms with Crippen molar-refractivity contribution in [3.8, 4) is 16.9 Å². The van der Waals surface area contributed by atoms with Crippen molar-refractivity contribution in [2.24, 2.45) is 0 Å². The number of piperazine rings is 1. The number of para-hydroxylation sites is 1. The fraction of sp³-hybridized carbons (Fsp3) is 0.222. The largest absolute Gasteiger partial charge is 0.353 e. The van der Waals surface area contributed by atoms with E-state index in [0.717, 1.165) is 28.3 Å². The molecule has 2 aromatic carbocycles. The summed E-state index contributed by atoms with van der Waals surface area (Å²) in [7, 11) is 0. The number of benzene rings is 2. The summed E-state index contributed by atoms with van der Waals surface area (Å²) in [5, 5.41) is 9.19. The third-order valence-corrected chi connectivity index (χ3v) is 6.62. The zero-order chi connectivity index (χ0) is 24.6. The Kier molecular flexibility index (Phi) is 5.44. The van der Waals surface area contributed by atoms with E-state index in [-0.39, 0.29) is 5.91 Å². The van der Waals surface area contributed by atoms with Gasteiger partial charge >= 0.3 is 0 Å². The number of hydrogen-bond donors (Lipinski definition) is 0. The van der Waals surface area contributed by atoms with E-state index in [1.54, 1.807) is 9.20 Å². The van der Waals surface area contributed by atoms with Crippen molar-refractivity contribution in [3.63, 3.8) is 0 Å². The van der Waals surface area contributed by atoms with E-state index >= 15 is 0 Å². The van der Waals surface area contributed by atoms with Crippen LogP contribution in [0.2, 0.25) is 0 Å². The Morgan fingerprint density at radius 2 is 1.67 bits per heavy atom. The summed E-state index contributed by atoms with van der Waals surface area (Å²) in [4.78, 5) is 26.6. The standard InChI is InChI=1S/C27H26N8O/c1-19-8-6-7-11-22(19)25-23(17-34(31-25)21-9-4-3-5-10-21)26(36)33-14-12-32(13-15-33)24-16-20(2)30-27-28-18-29-35(24)27/h3-11,16-18H,12-15H2,1-2H3. The van der Waals surface area contributed by atoms with E-state index in [4.69, 9.17) is 5.10 Å². The maximum atomic E-state index is 13.8. The fourth-order valence-electron chi connectivity index (χ4n) is 4.73. The molecule has 0 saturated carbocycles. The summed E-state index contributed by atoms with van der Waals surface area (Å²) in [6.07, 6.45) is 3.37. The molecule has 0 unspecified atom stereocenters. The minimum Gasteiger partial charge on any atom is -0.353 e. The van der Waals surface area contributed by atoms with Gasteiger partial charge in [0.05, 0.1) is 11.3 Å². The summed E-state index contributed by atoms with van der Waals surface area (Å²) >= 11 is 0. The molecule has 1 fully saturated rings. The first-order chi connectivity index (χ1) is 17.6. The molecule has 6 rings (SSSR count). The molecule has 36 heavy (non-hydrogen) atoms. The van der Waals surface area contributed by atoms with Gasteiger partial charge in [-0.15, -0.1) is 0 Å². The molecular weight excluding hydrogens is 452 g/mol. The quantitative estimate of drug-likeness (QED) is 0.393. The number of anilines is 1. The van der Waals surface area contributed by atoms with Gasteiger partial charge in [-0.1, -0.05) is 42.5 Å². The smallest absolute Gasteiger partial charge is 0.257 e. The number of nitrogens with zero attached hydrogens (tertiary/aromatic N) is 8. The van der Waals surface area contributed by atoms with Gasteiger partial charge in [0.1, 0.15) is 17.8 Å². The van der Waals surface area contributed by atoms with Gasteiger partial charge in [-0.2, -0.15) is 19.7 Å². The normalized spacial score (nSPS) is 13.9. The highest BCUT2D eigenvalue weighted by Crippen LogP contribution is 2.28.